The number of imidazole rings is 1. The Hall–Kier alpha value is -4.73. The normalized spacial score (nSPS) is 12.6. The van der Waals surface area contributed by atoms with E-state index in [1.165, 1.54) is 0 Å². The Morgan fingerprint density at radius 1 is 1.17 bits per heavy atom. The van der Waals surface area contributed by atoms with Crippen LogP contribution in [0.25, 0.3) is 33.5 Å². The number of carbonyl (C=O) groups excluding carboxylic acids is 1. The Labute approximate surface area is 206 Å². The second kappa shape index (κ2) is 8.81. The summed E-state index contributed by atoms with van der Waals surface area (Å²) >= 11 is 0. The second-order valence-electron chi connectivity index (χ2n) is 8.58. The van der Waals surface area contributed by atoms with Gasteiger partial charge in [-0.05, 0) is 54.4 Å². The van der Waals surface area contributed by atoms with Crippen LogP contribution in [0.5, 0.6) is 11.6 Å². The lowest BCUT2D eigenvalue weighted by molar-refractivity contribution is 0.0949. The first-order valence-corrected chi connectivity index (χ1v) is 11.6. The number of phenols is 1. The Bertz CT molecular complexity index is 1600. The van der Waals surface area contributed by atoms with Crippen LogP contribution in [0.4, 0.5) is 0 Å². The van der Waals surface area contributed by atoms with Gasteiger partial charge in [0.2, 0.25) is 5.88 Å². The van der Waals surface area contributed by atoms with E-state index >= 15 is 0 Å². The van der Waals surface area contributed by atoms with Gasteiger partial charge in [0.05, 0.1) is 30.3 Å². The molecular formula is C26H23N7O3. The monoisotopic (exact) mass is 481 g/mol. The molecule has 0 spiro atoms. The maximum absolute atomic E-state index is 12.8. The van der Waals surface area contributed by atoms with Crippen LogP contribution < -0.4 is 10.1 Å². The number of rotatable bonds is 6. The van der Waals surface area contributed by atoms with Gasteiger partial charge in [-0.25, -0.2) is 9.97 Å². The molecule has 180 valence electrons. The molecule has 1 aliphatic rings. The van der Waals surface area contributed by atoms with Crippen molar-refractivity contribution in [1.82, 2.24) is 35.0 Å². The number of aromatic nitrogens is 6. The van der Waals surface area contributed by atoms with Gasteiger partial charge in [0.25, 0.3) is 5.91 Å². The first-order chi connectivity index (χ1) is 17.6. The summed E-state index contributed by atoms with van der Waals surface area (Å²) in [6, 6.07) is 14.2. The molecule has 0 atom stereocenters. The molecular weight excluding hydrogens is 458 g/mol. The van der Waals surface area contributed by atoms with Gasteiger partial charge in [0.1, 0.15) is 17.4 Å². The highest BCUT2D eigenvalue weighted by Crippen LogP contribution is 2.35. The fourth-order valence-corrected chi connectivity index (χ4v) is 4.54. The van der Waals surface area contributed by atoms with Crippen molar-refractivity contribution in [3.8, 4) is 34.1 Å². The Balaban J connectivity index is 1.27. The minimum absolute atomic E-state index is 0.0828. The average molecular weight is 482 g/mol. The smallest absolute Gasteiger partial charge is 0.251 e. The number of carbonyl (C=O) groups is 1. The minimum Gasteiger partial charge on any atom is -0.507 e. The summed E-state index contributed by atoms with van der Waals surface area (Å²) in [5, 5.41) is 21.9. The second-order valence-corrected chi connectivity index (χ2v) is 8.58. The Morgan fingerprint density at radius 2 is 2.08 bits per heavy atom. The molecule has 0 radical (unpaired) electrons. The number of aromatic amines is 1. The fraction of sp³-hybridized carbons (Fsp3) is 0.192. The van der Waals surface area contributed by atoms with Crippen LogP contribution in [-0.2, 0) is 19.5 Å². The molecule has 5 aromatic rings. The highest BCUT2D eigenvalue weighted by Gasteiger charge is 2.18. The molecule has 1 aliphatic heterocycles. The molecule has 0 unspecified atom stereocenters. The van der Waals surface area contributed by atoms with Crippen LogP contribution in [0, 0.1) is 0 Å². The predicted molar refractivity (Wildman–Crippen MR) is 132 cm³/mol. The van der Waals surface area contributed by atoms with E-state index in [4.69, 9.17) is 4.74 Å². The number of amides is 1. The van der Waals surface area contributed by atoms with E-state index < -0.39 is 0 Å². The van der Waals surface area contributed by atoms with E-state index in [0.29, 0.717) is 34.9 Å². The number of fused-ring (bicyclic) bond motifs is 2. The summed E-state index contributed by atoms with van der Waals surface area (Å²) in [6.45, 7) is 1.20. The number of hydrogen-bond donors (Lipinski definition) is 3. The molecule has 0 bridgehead atoms. The lowest BCUT2D eigenvalue weighted by Gasteiger charge is -2.09. The quantitative estimate of drug-likeness (QED) is 0.338. The summed E-state index contributed by atoms with van der Waals surface area (Å²) in [5.74, 6) is 2.58. The lowest BCUT2D eigenvalue weighted by atomic mass is 10.0. The number of pyridine rings is 1. The van der Waals surface area contributed by atoms with Crippen molar-refractivity contribution < 1.29 is 14.6 Å². The van der Waals surface area contributed by atoms with Crippen LogP contribution in [0.1, 0.15) is 28.4 Å². The van der Waals surface area contributed by atoms with Gasteiger partial charge in [0, 0.05) is 30.3 Å². The van der Waals surface area contributed by atoms with Gasteiger partial charge >= 0.3 is 0 Å². The summed E-state index contributed by atoms with van der Waals surface area (Å²) in [7, 11) is 1.57. The Kier molecular flexibility index (Phi) is 5.33. The van der Waals surface area contributed by atoms with E-state index in [1.54, 1.807) is 43.6 Å². The molecule has 0 aliphatic carbocycles. The molecule has 3 N–H and O–H groups in total. The molecule has 3 aromatic heterocycles. The summed E-state index contributed by atoms with van der Waals surface area (Å²) in [4.78, 5) is 25.0. The third-order valence-electron chi connectivity index (χ3n) is 6.37. The number of H-pyrrole nitrogens is 1. The zero-order valence-electron chi connectivity index (χ0n) is 19.5. The van der Waals surface area contributed by atoms with E-state index in [9.17, 15) is 9.90 Å². The molecule has 4 heterocycles. The van der Waals surface area contributed by atoms with Crippen molar-refractivity contribution in [3.63, 3.8) is 0 Å². The van der Waals surface area contributed by atoms with Gasteiger partial charge in [-0.3, -0.25) is 4.79 Å². The van der Waals surface area contributed by atoms with Crippen LogP contribution in [0.2, 0.25) is 0 Å². The highest BCUT2D eigenvalue weighted by atomic mass is 16.5. The average Bonchev–Trinajstić information content (AvgIpc) is 3.63. The van der Waals surface area contributed by atoms with Gasteiger partial charge in [-0.1, -0.05) is 6.07 Å². The zero-order chi connectivity index (χ0) is 24.6. The molecule has 2 aromatic carbocycles. The third kappa shape index (κ3) is 3.82. The number of nitrogens with zero attached hydrogens (tertiary/aromatic N) is 5. The van der Waals surface area contributed by atoms with Crippen molar-refractivity contribution in [2.75, 3.05) is 7.11 Å². The van der Waals surface area contributed by atoms with Crippen molar-refractivity contribution >= 4 is 16.9 Å². The van der Waals surface area contributed by atoms with Gasteiger partial charge in [0.15, 0.2) is 5.82 Å². The third-order valence-corrected chi connectivity index (χ3v) is 6.37. The maximum Gasteiger partial charge on any atom is 0.251 e. The number of aryl methyl sites for hydroxylation is 1. The number of methoxy groups -OCH3 is 1. The molecule has 36 heavy (non-hydrogen) atoms. The van der Waals surface area contributed by atoms with E-state index in [-0.39, 0.29) is 11.7 Å². The SMILES string of the molecule is COc1ncccc1-c1ccc(O)c(-c2nc3cc(C(=O)NCc4nnc5n4CCC5)ccc3[nH]2)c1. The van der Waals surface area contributed by atoms with Crippen LogP contribution >= 0.6 is 0 Å². The van der Waals surface area contributed by atoms with E-state index in [0.717, 1.165) is 47.7 Å². The fourth-order valence-electron chi connectivity index (χ4n) is 4.54. The number of nitrogens with one attached hydrogen (secondary N) is 2. The summed E-state index contributed by atoms with van der Waals surface area (Å²) in [6.07, 6.45) is 3.64. The minimum atomic E-state index is -0.217. The number of hydrogen-bond acceptors (Lipinski definition) is 7. The zero-order valence-corrected chi connectivity index (χ0v) is 19.5. The molecule has 10 heteroatoms. The van der Waals surface area contributed by atoms with Crippen LogP contribution in [0.3, 0.4) is 0 Å². The summed E-state index contributed by atoms with van der Waals surface area (Å²) < 4.78 is 7.44. The predicted octanol–water partition coefficient (Wildman–Crippen LogP) is 3.47. The molecule has 0 fully saturated rings. The number of phenolic OH excluding ortho intramolecular Hbond substituents is 1. The molecule has 6 rings (SSSR count). The van der Waals surface area contributed by atoms with E-state index in [1.807, 2.05) is 18.2 Å². The standard InChI is InChI=1S/C26H23N7O3/c1-36-26-17(4-2-10-27-26)15-7-9-21(34)18(12-15)24-29-19-8-6-16(13-20(19)30-24)25(35)28-14-23-32-31-22-5-3-11-33(22)23/h2,4,6-10,12-13,34H,3,5,11,14H2,1H3,(H,28,35)(H,29,30). The first kappa shape index (κ1) is 21.8. The number of benzene rings is 2. The maximum atomic E-state index is 12.8. The van der Waals surface area contributed by atoms with Crippen LogP contribution in [0.15, 0.2) is 54.7 Å². The van der Waals surface area contributed by atoms with Crippen molar-refractivity contribution in [2.45, 2.75) is 25.9 Å². The number of ether oxygens (including phenoxy) is 1. The van der Waals surface area contributed by atoms with E-state index in [2.05, 4.69) is 35.0 Å². The Morgan fingerprint density at radius 3 is 2.97 bits per heavy atom. The van der Waals surface area contributed by atoms with Crippen LogP contribution in [-0.4, -0.2) is 47.8 Å². The molecule has 10 nitrogen and oxygen atoms in total. The molecule has 1 amide bonds. The van der Waals surface area contributed by atoms with Crippen molar-refractivity contribution in [1.29, 1.82) is 0 Å². The highest BCUT2D eigenvalue weighted by molar-refractivity contribution is 5.97. The topological polar surface area (TPSA) is 131 Å². The molecule has 0 saturated heterocycles. The van der Waals surface area contributed by atoms with Gasteiger partial charge in [-0.2, -0.15) is 0 Å². The van der Waals surface area contributed by atoms with Crippen molar-refractivity contribution in [2.24, 2.45) is 0 Å². The van der Waals surface area contributed by atoms with Gasteiger partial charge < -0.3 is 24.7 Å². The lowest BCUT2D eigenvalue weighted by Crippen LogP contribution is -2.24. The molecule has 0 saturated carbocycles. The van der Waals surface area contributed by atoms with Crippen molar-refractivity contribution in [3.05, 3.63) is 71.9 Å². The first-order valence-electron chi connectivity index (χ1n) is 11.6. The number of aromatic hydroxyl groups is 1. The largest absolute Gasteiger partial charge is 0.507 e. The summed E-state index contributed by atoms with van der Waals surface area (Å²) in [5.41, 5.74) is 4.01. The van der Waals surface area contributed by atoms with Gasteiger partial charge in [-0.15, -0.1) is 10.2 Å².